The van der Waals surface area contributed by atoms with Crippen molar-refractivity contribution in [2.75, 3.05) is 40.0 Å². The van der Waals surface area contributed by atoms with Gasteiger partial charge in [0.15, 0.2) is 0 Å². The van der Waals surface area contributed by atoms with Crippen molar-refractivity contribution >= 4 is 22.4 Å². The monoisotopic (exact) mass is 382 g/mol. The molecule has 0 aliphatic carbocycles. The van der Waals surface area contributed by atoms with Crippen LogP contribution < -0.4 is 14.8 Å². The summed E-state index contributed by atoms with van der Waals surface area (Å²) in [6.45, 7) is 2.71. The van der Waals surface area contributed by atoms with Crippen molar-refractivity contribution in [2.24, 2.45) is 5.92 Å². The smallest absolute Gasteiger partial charge is 0.244 e. The fraction of sp³-hybridized carbons (Fsp3) is 0.600. The van der Waals surface area contributed by atoms with E-state index in [0.29, 0.717) is 19.1 Å². The first-order valence-corrected chi connectivity index (χ1v) is 9.13. The SMILES string of the molecule is COCCOc1ccc(F)cc1S(=O)(=O)NCCC1CCNC1.Cl. The molecule has 9 heteroatoms. The highest BCUT2D eigenvalue weighted by molar-refractivity contribution is 7.89. The van der Waals surface area contributed by atoms with Crippen LogP contribution in [-0.4, -0.2) is 48.4 Å². The van der Waals surface area contributed by atoms with Gasteiger partial charge in [0, 0.05) is 13.7 Å². The minimum Gasteiger partial charge on any atom is -0.490 e. The molecule has 1 aromatic carbocycles. The fourth-order valence-electron chi connectivity index (χ4n) is 2.48. The van der Waals surface area contributed by atoms with Crippen LogP contribution in [0.1, 0.15) is 12.8 Å². The van der Waals surface area contributed by atoms with Gasteiger partial charge in [-0.3, -0.25) is 0 Å². The van der Waals surface area contributed by atoms with Crippen molar-refractivity contribution < 1.29 is 22.3 Å². The quantitative estimate of drug-likeness (QED) is 0.634. The Bertz CT molecular complexity index is 609. The van der Waals surface area contributed by atoms with Gasteiger partial charge in [-0.15, -0.1) is 12.4 Å². The highest BCUT2D eigenvalue weighted by Gasteiger charge is 2.22. The summed E-state index contributed by atoms with van der Waals surface area (Å²) in [7, 11) is -2.30. The van der Waals surface area contributed by atoms with E-state index in [9.17, 15) is 12.8 Å². The highest BCUT2D eigenvalue weighted by Crippen LogP contribution is 2.25. The van der Waals surface area contributed by atoms with E-state index >= 15 is 0 Å². The molecule has 2 N–H and O–H groups in total. The third kappa shape index (κ3) is 6.18. The number of hydrogen-bond acceptors (Lipinski definition) is 5. The van der Waals surface area contributed by atoms with Crippen molar-refractivity contribution in [1.82, 2.24) is 10.0 Å². The van der Waals surface area contributed by atoms with Gasteiger partial charge in [-0.1, -0.05) is 0 Å². The lowest BCUT2D eigenvalue weighted by Gasteiger charge is -2.14. The minimum atomic E-state index is -3.82. The molecule has 1 heterocycles. The van der Waals surface area contributed by atoms with E-state index in [1.165, 1.54) is 19.2 Å². The van der Waals surface area contributed by atoms with Gasteiger partial charge in [-0.05, 0) is 50.0 Å². The topological polar surface area (TPSA) is 76.7 Å². The molecule has 0 radical (unpaired) electrons. The van der Waals surface area contributed by atoms with E-state index in [-0.39, 0.29) is 29.7 Å². The number of nitrogens with one attached hydrogen (secondary N) is 2. The number of rotatable bonds is 9. The van der Waals surface area contributed by atoms with Crippen LogP contribution in [-0.2, 0) is 14.8 Å². The van der Waals surface area contributed by atoms with Crippen LogP contribution in [0.5, 0.6) is 5.75 Å². The zero-order valence-corrected chi connectivity index (χ0v) is 15.2. The van der Waals surface area contributed by atoms with Crippen LogP contribution in [0.2, 0.25) is 0 Å². The first kappa shape index (κ1) is 21.1. The summed E-state index contributed by atoms with van der Waals surface area (Å²) >= 11 is 0. The Kier molecular flexibility index (Phi) is 8.93. The first-order valence-electron chi connectivity index (χ1n) is 7.64. The van der Waals surface area contributed by atoms with E-state index in [4.69, 9.17) is 9.47 Å². The zero-order valence-electron chi connectivity index (χ0n) is 13.6. The third-order valence-electron chi connectivity index (χ3n) is 3.75. The Hall–Kier alpha value is -0.930. The Morgan fingerprint density at radius 3 is 2.83 bits per heavy atom. The van der Waals surface area contributed by atoms with Gasteiger partial charge in [-0.25, -0.2) is 17.5 Å². The van der Waals surface area contributed by atoms with Crippen molar-refractivity contribution in [2.45, 2.75) is 17.7 Å². The van der Waals surface area contributed by atoms with Gasteiger partial charge in [0.25, 0.3) is 0 Å². The lowest BCUT2D eigenvalue weighted by atomic mass is 10.1. The van der Waals surface area contributed by atoms with Gasteiger partial charge < -0.3 is 14.8 Å². The Morgan fingerprint density at radius 2 is 2.17 bits per heavy atom. The molecule has 0 bridgehead atoms. The molecule has 1 fully saturated rings. The molecule has 1 aliphatic heterocycles. The maximum atomic E-state index is 13.5. The van der Waals surface area contributed by atoms with Crippen LogP contribution in [0, 0.1) is 11.7 Å². The third-order valence-corrected chi connectivity index (χ3v) is 5.23. The summed E-state index contributed by atoms with van der Waals surface area (Å²) in [5, 5.41) is 3.24. The lowest BCUT2D eigenvalue weighted by Crippen LogP contribution is -2.27. The normalized spacial score (nSPS) is 17.5. The molecule has 1 aliphatic rings. The van der Waals surface area contributed by atoms with Gasteiger partial charge in [0.05, 0.1) is 6.61 Å². The summed E-state index contributed by atoms with van der Waals surface area (Å²) in [4.78, 5) is -0.182. The predicted molar refractivity (Wildman–Crippen MR) is 91.8 cm³/mol. The number of hydrogen-bond donors (Lipinski definition) is 2. The number of ether oxygens (including phenoxy) is 2. The average Bonchev–Trinajstić information content (AvgIpc) is 3.02. The van der Waals surface area contributed by atoms with Gasteiger partial charge >= 0.3 is 0 Å². The van der Waals surface area contributed by atoms with E-state index in [1.807, 2.05) is 0 Å². The van der Waals surface area contributed by atoms with Crippen LogP contribution in [0.15, 0.2) is 23.1 Å². The minimum absolute atomic E-state index is 0. The molecular formula is C15H24ClFN2O4S. The van der Waals surface area contributed by atoms with Crippen LogP contribution in [0.3, 0.4) is 0 Å². The molecule has 1 aromatic rings. The summed E-state index contributed by atoms with van der Waals surface area (Å²) in [6.07, 6.45) is 1.80. The summed E-state index contributed by atoms with van der Waals surface area (Å²) in [5.41, 5.74) is 0. The summed E-state index contributed by atoms with van der Waals surface area (Å²) in [5.74, 6) is -0.0226. The zero-order chi connectivity index (χ0) is 16.7. The second-order valence-electron chi connectivity index (χ2n) is 5.48. The Labute approximate surface area is 148 Å². The molecule has 0 aromatic heterocycles. The van der Waals surface area contributed by atoms with Crippen LogP contribution in [0.4, 0.5) is 4.39 Å². The number of sulfonamides is 1. The van der Waals surface area contributed by atoms with Crippen LogP contribution >= 0.6 is 12.4 Å². The molecule has 0 amide bonds. The molecule has 1 unspecified atom stereocenters. The molecule has 0 saturated carbocycles. The van der Waals surface area contributed by atoms with Gasteiger partial charge in [-0.2, -0.15) is 0 Å². The molecule has 138 valence electrons. The first-order chi connectivity index (χ1) is 11.0. The molecule has 0 spiro atoms. The largest absolute Gasteiger partial charge is 0.490 e. The van der Waals surface area contributed by atoms with Crippen molar-refractivity contribution in [3.05, 3.63) is 24.0 Å². The fourth-order valence-corrected chi connectivity index (χ4v) is 3.68. The second-order valence-corrected chi connectivity index (χ2v) is 7.21. The predicted octanol–water partition coefficient (Wildman–Crippen LogP) is 1.55. The summed E-state index contributed by atoms with van der Waals surface area (Å²) in [6, 6.07) is 3.47. The van der Waals surface area contributed by atoms with E-state index in [1.54, 1.807) is 0 Å². The number of halogens is 2. The van der Waals surface area contributed by atoms with Gasteiger partial charge in [0.2, 0.25) is 10.0 Å². The Balaban J connectivity index is 0.00000288. The average molecular weight is 383 g/mol. The molecule has 1 atom stereocenters. The molecule has 6 nitrogen and oxygen atoms in total. The molecular weight excluding hydrogens is 359 g/mol. The van der Waals surface area contributed by atoms with Crippen LogP contribution in [0.25, 0.3) is 0 Å². The van der Waals surface area contributed by atoms with E-state index in [2.05, 4.69) is 10.0 Å². The molecule has 24 heavy (non-hydrogen) atoms. The Morgan fingerprint density at radius 1 is 1.38 bits per heavy atom. The standard InChI is InChI=1S/C15H23FN2O4S.ClH/c1-21-8-9-22-14-3-2-13(16)10-15(14)23(19,20)18-7-5-12-4-6-17-11-12;/h2-3,10,12,17-18H,4-9,11H2,1H3;1H. The van der Waals surface area contributed by atoms with Crippen molar-refractivity contribution in [3.63, 3.8) is 0 Å². The van der Waals surface area contributed by atoms with E-state index in [0.717, 1.165) is 32.0 Å². The second kappa shape index (κ2) is 10.1. The number of benzene rings is 1. The van der Waals surface area contributed by atoms with Gasteiger partial charge in [0.1, 0.15) is 23.1 Å². The molecule has 2 rings (SSSR count). The van der Waals surface area contributed by atoms with E-state index < -0.39 is 15.8 Å². The van der Waals surface area contributed by atoms with Crippen molar-refractivity contribution in [3.8, 4) is 5.75 Å². The lowest BCUT2D eigenvalue weighted by molar-refractivity contribution is 0.144. The maximum Gasteiger partial charge on any atom is 0.244 e. The maximum absolute atomic E-state index is 13.5. The number of methoxy groups -OCH3 is 1. The molecule has 1 saturated heterocycles. The van der Waals surface area contributed by atoms with Crippen molar-refractivity contribution in [1.29, 1.82) is 0 Å². The summed E-state index contributed by atoms with van der Waals surface area (Å²) < 4.78 is 51.0. The highest BCUT2D eigenvalue weighted by atomic mass is 35.5.